The Morgan fingerprint density at radius 3 is 2.41 bits per heavy atom. The van der Waals surface area contributed by atoms with Crippen molar-refractivity contribution in [3.05, 3.63) is 59.0 Å². The van der Waals surface area contributed by atoms with E-state index >= 15 is 0 Å². The summed E-state index contributed by atoms with van der Waals surface area (Å²) >= 11 is 0. The molecule has 2 aromatic heterocycles. The largest absolute Gasteiger partial charge is 0.332 e. The number of carbonyl (C=O) groups is 2. The molecular formula is C20H21N5O2. The average molecular weight is 363 g/mol. The van der Waals surface area contributed by atoms with Gasteiger partial charge in [0.2, 0.25) is 5.91 Å². The van der Waals surface area contributed by atoms with Gasteiger partial charge in [0.1, 0.15) is 5.82 Å². The Hall–Kier alpha value is -3.35. The molecule has 1 N–H and O–H groups in total. The van der Waals surface area contributed by atoms with Crippen LogP contribution in [0.1, 0.15) is 27.3 Å². The second-order valence-electron chi connectivity index (χ2n) is 6.53. The van der Waals surface area contributed by atoms with Gasteiger partial charge in [-0.05, 0) is 56.7 Å². The molecule has 2 heterocycles. The highest BCUT2D eigenvalue weighted by atomic mass is 16.2. The Morgan fingerprint density at radius 2 is 1.70 bits per heavy atom. The molecule has 0 aliphatic carbocycles. The number of amides is 2. The van der Waals surface area contributed by atoms with Crippen LogP contribution in [-0.4, -0.2) is 45.3 Å². The lowest BCUT2D eigenvalue weighted by Crippen LogP contribution is -2.35. The molecule has 1 aromatic carbocycles. The first-order valence-corrected chi connectivity index (χ1v) is 8.56. The van der Waals surface area contributed by atoms with Crippen molar-refractivity contribution in [2.75, 3.05) is 18.9 Å². The highest BCUT2D eigenvalue weighted by Gasteiger charge is 2.16. The molecule has 2 amide bonds. The van der Waals surface area contributed by atoms with Crippen molar-refractivity contribution >= 4 is 28.7 Å². The van der Waals surface area contributed by atoms with Crippen LogP contribution in [0.3, 0.4) is 0 Å². The minimum atomic E-state index is -0.309. The van der Waals surface area contributed by atoms with Gasteiger partial charge >= 0.3 is 0 Å². The Balaban J connectivity index is 1.72. The van der Waals surface area contributed by atoms with Crippen LogP contribution in [0.2, 0.25) is 0 Å². The summed E-state index contributed by atoms with van der Waals surface area (Å²) in [5.74, 6) is -0.104. The first kappa shape index (κ1) is 18.4. The Kier molecular flexibility index (Phi) is 5.12. The maximum Gasteiger partial charge on any atom is 0.254 e. The van der Waals surface area contributed by atoms with E-state index in [4.69, 9.17) is 0 Å². The topological polar surface area (TPSA) is 88.1 Å². The quantitative estimate of drug-likeness (QED) is 0.770. The summed E-state index contributed by atoms with van der Waals surface area (Å²) in [6.07, 6.45) is 1.62. The van der Waals surface area contributed by atoms with E-state index in [1.807, 2.05) is 26.8 Å². The van der Waals surface area contributed by atoms with Gasteiger partial charge in [0.25, 0.3) is 5.91 Å². The third kappa shape index (κ3) is 4.25. The molecule has 0 fully saturated rings. The first-order chi connectivity index (χ1) is 12.8. The van der Waals surface area contributed by atoms with Crippen LogP contribution in [-0.2, 0) is 4.79 Å². The van der Waals surface area contributed by atoms with Gasteiger partial charge in [-0.25, -0.2) is 15.0 Å². The van der Waals surface area contributed by atoms with E-state index in [0.29, 0.717) is 16.9 Å². The summed E-state index contributed by atoms with van der Waals surface area (Å²) < 4.78 is 0. The molecule has 27 heavy (non-hydrogen) atoms. The highest BCUT2D eigenvalue weighted by molar-refractivity contribution is 6.00. The number of anilines is 1. The van der Waals surface area contributed by atoms with Crippen molar-refractivity contribution in [2.24, 2.45) is 0 Å². The zero-order valence-electron chi connectivity index (χ0n) is 15.8. The van der Waals surface area contributed by atoms with Crippen LogP contribution in [0.5, 0.6) is 0 Å². The molecule has 0 bridgehead atoms. The lowest BCUT2D eigenvalue weighted by atomic mass is 10.1. The van der Waals surface area contributed by atoms with Crippen LogP contribution in [0, 0.1) is 20.8 Å². The molecule has 0 radical (unpaired) electrons. The summed E-state index contributed by atoms with van der Waals surface area (Å²) in [6, 6.07) is 8.79. The molecule has 0 saturated heterocycles. The molecule has 0 saturated carbocycles. The smallest absolute Gasteiger partial charge is 0.254 e. The summed E-state index contributed by atoms with van der Waals surface area (Å²) in [5.41, 5.74) is 4.54. The van der Waals surface area contributed by atoms with E-state index in [1.54, 1.807) is 37.5 Å². The molecule has 7 nitrogen and oxygen atoms in total. The van der Waals surface area contributed by atoms with E-state index in [2.05, 4.69) is 20.3 Å². The fraction of sp³-hybridized carbons (Fsp3) is 0.250. The van der Waals surface area contributed by atoms with Crippen molar-refractivity contribution in [2.45, 2.75) is 20.8 Å². The number of fused-ring (bicyclic) bond motifs is 1. The van der Waals surface area contributed by atoms with E-state index in [9.17, 15) is 9.59 Å². The summed E-state index contributed by atoms with van der Waals surface area (Å²) in [6.45, 7) is 5.62. The molecule has 3 rings (SSSR count). The number of pyridine rings is 1. The summed E-state index contributed by atoms with van der Waals surface area (Å²) in [7, 11) is 1.59. The minimum Gasteiger partial charge on any atom is -0.332 e. The summed E-state index contributed by atoms with van der Waals surface area (Å²) in [5, 5.41) is 2.70. The number of nitrogens with zero attached hydrogens (tertiary/aromatic N) is 4. The van der Waals surface area contributed by atoms with E-state index in [-0.39, 0.29) is 18.4 Å². The number of likely N-dealkylation sites (N-methyl/N-ethyl adjacent to an activating group) is 1. The SMILES string of the molecule is Cc1ccnc(NC(=O)CN(C)C(=O)c2ccc3nc(C)c(C)nc3c2)c1. The zero-order chi connectivity index (χ0) is 19.6. The number of hydrogen-bond donors (Lipinski definition) is 1. The van der Waals surface area contributed by atoms with Gasteiger partial charge in [0, 0.05) is 18.8 Å². The highest BCUT2D eigenvalue weighted by Crippen LogP contribution is 2.15. The summed E-state index contributed by atoms with van der Waals surface area (Å²) in [4.78, 5) is 39.3. The van der Waals surface area contributed by atoms with Crippen LogP contribution in [0.4, 0.5) is 5.82 Å². The fourth-order valence-corrected chi connectivity index (χ4v) is 2.66. The van der Waals surface area contributed by atoms with E-state index in [1.165, 1.54) is 4.90 Å². The first-order valence-electron chi connectivity index (χ1n) is 8.56. The normalized spacial score (nSPS) is 10.7. The molecular weight excluding hydrogens is 342 g/mol. The molecule has 0 aliphatic heterocycles. The monoisotopic (exact) mass is 363 g/mol. The third-order valence-electron chi connectivity index (χ3n) is 4.23. The van der Waals surface area contributed by atoms with Gasteiger partial charge in [-0.1, -0.05) is 0 Å². The van der Waals surface area contributed by atoms with Gasteiger partial charge in [-0.2, -0.15) is 0 Å². The maximum absolute atomic E-state index is 12.7. The lowest BCUT2D eigenvalue weighted by Gasteiger charge is -2.17. The van der Waals surface area contributed by atoms with Gasteiger partial charge in [0.15, 0.2) is 0 Å². The van der Waals surface area contributed by atoms with Crippen molar-refractivity contribution < 1.29 is 9.59 Å². The number of nitrogens with one attached hydrogen (secondary N) is 1. The molecule has 138 valence electrons. The van der Waals surface area contributed by atoms with Crippen molar-refractivity contribution in [3.8, 4) is 0 Å². The van der Waals surface area contributed by atoms with Crippen LogP contribution >= 0.6 is 0 Å². The van der Waals surface area contributed by atoms with E-state index < -0.39 is 0 Å². The number of aryl methyl sites for hydroxylation is 3. The predicted octanol–water partition coefficient (Wildman–Crippen LogP) is 2.66. The number of aromatic nitrogens is 3. The van der Waals surface area contributed by atoms with Gasteiger partial charge in [-0.15, -0.1) is 0 Å². The van der Waals surface area contributed by atoms with Gasteiger partial charge in [0.05, 0.1) is 29.0 Å². The number of benzene rings is 1. The van der Waals surface area contributed by atoms with Crippen molar-refractivity contribution in [1.29, 1.82) is 0 Å². The molecule has 3 aromatic rings. The standard InChI is InChI=1S/C20H21N5O2/c1-12-7-8-21-18(9-12)24-19(26)11-25(4)20(27)15-5-6-16-17(10-15)23-14(3)13(2)22-16/h5-10H,11H2,1-4H3,(H,21,24,26). The molecule has 0 spiro atoms. The molecule has 0 unspecified atom stereocenters. The average Bonchev–Trinajstić information content (AvgIpc) is 2.61. The number of carbonyl (C=O) groups excluding carboxylic acids is 2. The molecule has 0 aliphatic rings. The zero-order valence-corrected chi connectivity index (χ0v) is 15.8. The molecule has 7 heteroatoms. The third-order valence-corrected chi connectivity index (χ3v) is 4.23. The number of rotatable bonds is 4. The van der Waals surface area contributed by atoms with Gasteiger partial charge in [-0.3, -0.25) is 9.59 Å². The van der Waals surface area contributed by atoms with Crippen LogP contribution in [0.25, 0.3) is 11.0 Å². The predicted molar refractivity (Wildman–Crippen MR) is 104 cm³/mol. The Morgan fingerprint density at radius 1 is 1.00 bits per heavy atom. The fourth-order valence-electron chi connectivity index (χ4n) is 2.66. The van der Waals surface area contributed by atoms with Crippen molar-refractivity contribution in [1.82, 2.24) is 19.9 Å². The Bertz CT molecular complexity index is 1030. The second-order valence-corrected chi connectivity index (χ2v) is 6.53. The van der Waals surface area contributed by atoms with Crippen LogP contribution < -0.4 is 5.32 Å². The van der Waals surface area contributed by atoms with Crippen LogP contribution in [0.15, 0.2) is 36.5 Å². The second kappa shape index (κ2) is 7.49. The Labute approximate surface area is 157 Å². The van der Waals surface area contributed by atoms with E-state index in [0.717, 1.165) is 22.5 Å². The number of hydrogen-bond acceptors (Lipinski definition) is 5. The van der Waals surface area contributed by atoms with Crippen molar-refractivity contribution in [3.63, 3.8) is 0 Å². The maximum atomic E-state index is 12.7. The minimum absolute atomic E-state index is 0.0783. The lowest BCUT2D eigenvalue weighted by molar-refractivity contribution is -0.116. The van der Waals surface area contributed by atoms with Gasteiger partial charge < -0.3 is 10.2 Å². The molecule has 0 atom stereocenters.